The number of nitrogens with one attached hydrogen (secondary N) is 1. The van der Waals surface area contributed by atoms with Crippen molar-refractivity contribution in [3.8, 4) is 0 Å². The SMILES string of the molecule is FC(F)(F)C1(NC(c2cccs2)c2cccs2)CC1. The summed E-state index contributed by atoms with van der Waals surface area (Å²) >= 11 is 2.97. The molecular formula is C13H12F3NS2. The van der Waals surface area contributed by atoms with Crippen LogP contribution in [0.1, 0.15) is 28.6 Å². The molecule has 0 saturated heterocycles. The molecular weight excluding hydrogens is 291 g/mol. The van der Waals surface area contributed by atoms with E-state index in [2.05, 4.69) is 5.32 Å². The van der Waals surface area contributed by atoms with E-state index >= 15 is 0 Å². The lowest BCUT2D eigenvalue weighted by Gasteiger charge is -2.26. The second kappa shape index (κ2) is 4.61. The smallest absolute Gasteiger partial charge is 0.291 e. The van der Waals surface area contributed by atoms with Crippen molar-refractivity contribution in [2.45, 2.75) is 30.6 Å². The lowest BCUT2D eigenvalue weighted by molar-refractivity contribution is -0.167. The van der Waals surface area contributed by atoms with Gasteiger partial charge in [-0.3, -0.25) is 5.32 Å². The van der Waals surface area contributed by atoms with E-state index in [-0.39, 0.29) is 18.9 Å². The first-order chi connectivity index (χ1) is 9.02. The summed E-state index contributed by atoms with van der Waals surface area (Å²) in [6.45, 7) is 0. The molecule has 6 heteroatoms. The van der Waals surface area contributed by atoms with Crippen molar-refractivity contribution in [1.29, 1.82) is 0 Å². The van der Waals surface area contributed by atoms with E-state index in [0.717, 1.165) is 9.75 Å². The van der Waals surface area contributed by atoms with Crippen LogP contribution in [0.25, 0.3) is 0 Å². The van der Waals surface area contributed by atoms with Crippen LogP contribution in [0.3, 0.4) is 0 Å². The highest BCUT2D eigenvalue weighted by Crippen LogP contribution is 2.51. The molecule has 1 aliphatic rings. The first-order valence-corrected chi connectivity index (χ1v) is 7.69. The third kappa shape index (κ3) is 2.44. The summed E-state index contributed by atoms with van der Waals surface area (Å²) in [5.41, 5.74) is -1.69. The lowest BCUT2D eigenvalue weighted by atomic mass is 10.1. The van der Waals surface area contributed by atoms with Gasteiger partial charge in [-0.2, -0.15) is 13.2 Å². The monoisotopic (exact) mass is 303 g/mol. The van der Waals surface area contributed by atoms with Crippen molar-refractivity contribution in [3.63, 3.8) is 0 Å². The fourth-order valence-electron chi connectivity index (χ4n) is 2.10. The van der Waals surface area contributed by atoms with Crippen LogP contribution in [0.5, 0.6) is 0 Å². The number of halogens is 3. The van der Waals surface area contributed by atoms with Gasteiger partial charge in [0.2, 0.25) is 0 Å². The molecule has 1 aliphatic carbocycles. The van der Waals surface area contributed by atoms with Gasteiger partial charge in [0.05, 0.1) is 6.04 Å². The van der Waals surface area contributed by atoms with Crippen LogP contribution in [0.2, 0.25) is 0 Å². The molecule has 0 unspecified atom stereocenters. The van der Waals surface area contributed by atoms with Gasteiger partial charge in [-0.05, 0) is 35.7 Å². The highest BCUT2D eigenvalue weighted by atomic mass is 32.1. The number of alkyl halides is 3. The predicted molar refractivity (Wildman–Crippen MR) is 71.6 cm³/mol. The van der Waals surface area contributed by atoms with Gasteiger partial charge in [-0.25, -0.2) is 0 Å². The van der Waals surface area contributed by atoms with Gasteiger partial charge >= 0.3 is 6.18 Å². The molecule has 2 heterocycles. The van der Waals surface area contributed by atoms with E-state index in [9.17, 15) is 13.2 Å². The van der Waals surface area contributed by atoms with E-state index in [1.165, 1.54) is 22.7 Å². The van der Waals surface area contributed by atoms with Crippen LogP contribution in [-0.2, 0) is 0 Å². The maximum Gasteiger partial charge on any atom is 0.406 e. The molecule has 3 rings (SSSR count). The van der Waals surface area contributed by atoms with E-state index in [1.807, 2.05) is 35.0 Å². The first kappa shape index (κ1) is 13.1. The first-order valence-electron chi connectivity index (χ1n) is 5.93. The number of thiophene rings is 2. The van der Waals surface area contributed by atoms with Gasteiger partial charge in [0.25, 0.3) is 0 Å². The van der Waals surface area contributed by atoms with Gasteiger partial charge in [-0.15, -0.1) is 22.7 Å². The molecule has 0 atom stereocenters. The van der Waals surface area contributed by atoms with Gasteiger partial charge in [0.1, 0.15) is 5.54 Å². The summed E-state index contributed by atoms with van der Waals surface area (Å²) in [6.07, 6.45) is -3.84. The molecule has 1 fully saturated rings. The molecule has 0 aliphatic heterocycles. The van der Waals surface area contributed by atoms with E-state index in [1.54, 1.807) is 0 Å². The van der Waals surface area contributed by atoms with Crippen LogP contribution >= 0.6 is 22.7 Å². The van der Waals surface area contributed by atoms with E-state index < -0.39 is 11.7 Å². The quantitative estimate of drug-likeness (QED) is 0.871. The number of rotatable bonds is 4. The van der Waals surface area contributed by atoms with Crippen LogP contribution in [0.4, 0.5) is 13.2 Å². The fourth-order valence-corrected chi connectivity index (χ4v) is 3.77. The zero-order valence-electron chi connectivity index (χ0n) is 9.91. The van der Waals surface area contributed by atoms with Gasteiger partial charge in [-0.1, -0.05) is 12.1 Å². The van der Waals surface area contributed by atoms with Crippen LogP contribution in [0, 0.1) is 0 Å². The van der Waals surface area contributed by atoms with Crippen LogP contribution in [0.15, 0.2) is 35.0 Å². The van der Waals surface area contributed by atoms with Gasteiger partial charge in [0.15, 0.2) is 0 Å². The molecule has 0 spiro atoms. The summed E-state index contributed by atoms with van der Waals surface area (Å²) in [6, 6.07) is 7.15. The Morgan fingerprint density at radius 2 is 1.58 bits per heavy atom. The zero-order chi connectivity index (χ0) is 13.5. The molecule has 1 N–H and O–H groups in total. The number of hydrogen-bond donors (Lipinski definition) is 1. The Bertz CT molecular complexity index is 492. The molecule has 1 nitrogen and oxygen atoms in total. The molecule has 19 heavy (non-hydrogen) atoms. The van der Waals surface area contributed by atoms with Gasteiger partial charge < -0.3 is 0 Å². The summed E-state index contributed by atoms with van der Waals surface area (Å²) in [5, 5.41) is 6.63. The maximum absolute atomic E-state index is 13.1. The van der Waals surface area contributed by atoms with Gasteiger partial charge in [0, 0.05) is 9.75 Å². The molecule has 0 bridgehead atoms. The normalized spacial score (nSPS) is 17.9. The Kier molecular flexibility index (Phi) is 3.19. The van der Waals surface area contributed by atoms with Crippen molar-refractivity contribution in [3.05, 3.63) is 44.8 Å². The molecule has 0 amide bonds. The minimum Gasteiger partial charge on any atom is -0.291 e. The average molecular weight is 303 g/mol. The van der Waals surface area contributed by atoms with E-state index in [0.29, 0.717) is 0 Å². The molecule has 102 valence electrons. The highest BCUT2D eigenvalue weighted by Gasteiger charge is 2.64. The maximum atomic E-state index is 13.1. The molecule has 0 radical (unpaired) electrons. The Morgan fingerprint density at radius 3 is 1.89 bits per heavy atom. The van der Waals surface area contributed by atoms with Crippen LogP contribution in [-0.4, -0.2) is 11.7 Å². The fraction of sp³-hybridized carbons (Fsp3) is 0.385. The van der Waals surface area contributed by atoms with Crippen molar-refractivity contribution in [2.24, 2.45) is 0 Å². The molecule has 2 aromatic heterocycles. The summed E-state index contributed by atoms with van der Waals surface area (Å²) in [5.74, 6) is 0. The second-order valence-corrected chi connectivity index (χ2v) is 6.65. The van der Waals surface area contributed by atoms with Crippen molar-refractivity contribution in [2.75, 3.05) is 0 Å². The standard InChI is InChI=1S/C13H12F3NS2/c14-13(15,16)12(5-6-12)17-11(9-3-1-7-18-9)10-4-2-8-19-10/h1-4,7-8,11,17H,5-6H2. The second-order valence-electron chi connectivity index (χ2n) is 4.69. The van der Waals surface area contributed by atoms with Crippen molar-refractivity contribution < 1.29 is 13.2 Å². The van der Waals surface area contributed by atoms with Crippen molar-refractivity contribution >= 4 is 22.7 Å². The zero-order valence-corrected chi connectivity index (χ0v) is 11.5. The molecule has 1 saturated carbocycles. The third-order valence-electron chi connectivity index (χ3n) is 3.37. The van der Waals surface area contributed by atoms with Crippen molar-refractivity contribution in [1.82, 2.24) is 5.32 Å². The molecule has 0 aromatic carbocycles. The molecule has 2 aromatic rings. The summed E-state index contributed by atoms with van der Waals surface area (Å²) in [4.78, 5) is 1.86. The summed E-state index contributed by atoms with van der Waals surface area (Å²) < 4.78 is 39.3. The number of hydrogen-bond acceptors (Lipinski definition) is 3. The van der Waals surface area contributed by atoms with E-state index in [4.69, 9.17) is 0 Å². The highest BCUT2D eigenvalue weighted by molar-refractivity contribution is 7.11. The third-order valence-corrected chi connectivity index (χ3v) is 5.24. The topological polar surface area (TPSA) is 12.0 Å². The largest absolute Gasteiger partial charge is 0.406 e. The van der Waals surface area contributed by atoms with Crippen LogP contribution < -0.4 is 5.32 Å². The predicted octanol–water partition coefficient (Wildman–Crippen LogP) is 4.58. The minimum atomic E-state index is -4.18. The Labute approximate surface area is 117 Å². The minimum absolute atomic E-state index is 0.170. The Morgan fingerprint density at radius 1 is 1.05 bits per heavy atom. The Hall–Kier alpha value is -0.850. The average Bonchev–Trinajstić information content (AvgIpc) is 2.85. The lowest BCUT2D eigenvalue weighted by Crippen LogP contribution is -2.46. The Balaban J connectivity index is 1.90. The summed E-state index contributed by atoms with van der Waals surface area (Å²) in [7, 11) is 0.